The lowest BCUT2D eigenvalue weighted by atomic mass is 10.0. The number of nitrogens with zero attached hydrogens (tertiary/aromatic N) is 2. The van der Waals surface area contributed by atoms with Gasteiger partial charge < -0.3 is 15.5 Å². The quantitative estimate of drug-likeness (QED) is 0.596. The Kier molecular flexibility index (Phi) is 4.39. The summed E-state index contributed by atoms with van der Waals surface area (Å²) in [4.78, 5) is 17.7. The summed E-state index contributed by atoms with van der Waals surface area (Å²) in [5.41, 5.74) is 2.73. The predicted octanol–water partition coefficient (Wildman–Crippen LogP) is 0.366. The highest BCUT2D eigenvalue weighted by atomic mass is 16.1. The molecule has 2 N–H and O–H groups in total. The molecule has 0 saturated heterocycles. The van der Waals surface area contributed by atoms with Crippen molar-refractivity contribution in [2.24, 2.45) is 4.99 Å². The second-order valence-corrected chi connectivity index (χ2v) is 4.51. The maximum atomic E-state index is 11.3. The molecule has 0 bridgehead atoms. The van der Waals surface area contributed by atoms with Crippen molar-refractivity contribution in [2.45, 2.75) is 13.0 Å². The number of fused-ring (bicyclic) bond motifs is 1. The summed E-state index contributed by atoms with van der Waals surface area (Å²) in [6.45, 7) is 2.01. The minimum absolute atomic E-state index is 0.0430. The topological polar surface area (TPSA) is 56.7 Å². The fourth-order valence-electron chi connectivity index (χ4n) is 2.26. The summed E-state index contributed by atoms with van der Waals surface area (Å²) < 4.78 is 0. The van der Waals surface area contributed by atoms with Crippen molar-refractivity contribution in [3.8, 4) is 0 Å². The lowest BCUT2D eigenvalue weighted by Gasteiger charge is -2.31. The molecule has 5 nitrogen and oxygen atoms in total. The average Bonchev–Trinajstić information content (AvgIpc) is 2.47. The Balaban J connectivity index is 2.00. The number of nitrogens with one attached hydrogen (secondary N) is 2. The first kappa shape index (κ1) is 13.4. The van der Waals surface area contributed by atoms with E-state index in [2.05, 4.69) is 44.8 Å². The van der Waals surface area contributed by atoms with Gasteiger partial charge in [0.05, 0.1) is 6.54 Å². The molecule has 5 heteroatoms. The van der Waals surface area contributed by atoms with Crippen LogP contribution in [0.4, 0.5) is 0 Å². The summed E-state index contributed by atoms with van der Waals surface area (Å²) >= 11 is 0. The van der Waals surface area contributed by atoms with Gasteiger partial charge in [0.25, 0.3) is 0 Å². The summed E-state index contributed by atoms with van der Waals surface area (Å²) in [5, 5.41) is 5.67. The highest BCUT2D eigenvalue weighted by molar-refractivity contribution is 5.86. The molecule has 1 aromatic carbocycles. The second kappa shape index (κ2) is 6.22. The zero-order valence-electron chi connectivity index (χ0n) is 11.4. The zero-order valence-corrected chi connectivity index (χ0v) is 11.4. The molecule has 0 fully saturated rings. The van der Waals surface area contributed by atoms with E-state index in [9.17, 15) is 4.79 Å². The minimum Gasteiger partial charge on any atom is -0.358 e. The van der Waals surface area contributed by atoms with Gasteiger partial charge in [0, 0.05) is 27.2 Å². The van der Waals surface area contributed by atoms with Crippen LogP contribution < -0.4 is 10.6 Å². The van der Waals surface area contributed by atoms with E-state index in [0.29, 0.717) is 0 Å². The van der Waals surface area contributed by atoms with Crippen molar-refractivity contribution in [2.75, 3.05) is 27.2 Å². The van der Waals surface area contributed by atoms with Crippen LogP contribution in [0, 0.1) is 0 Å². The third kappa shape index (κ3) is 3.24. The minimum atomic E-state index is -0.0430. The molecular weight excluding hydrogens is 240 g/mol. The molecule has 0 saturated carbocycles. The van der Waals surface area contributed by atoms with Crippen LogP contribution in [0.15, 0.2) is 29.3 Å². The molecule has 1 amide bonds. The van der Waals surface area contributed by atoms with Crippen LogP contribution in [-0.2, 0) is 17.8 Å². The Morgan fingerprint density at radius 2 is 2.11 bits per heavy atom. The van der Waals surface area contributed by atoms with Gasteiger partial charge in [-0.15, -0.1) is 0 Å². The fraction of sp³-hybridized carbons (Fsp3) is 0.429. The molecule has 0 aromatic heterocycles. The Bertz CT molecular complexity index is 484. The van der Waals surface area contributed by atoms with Gasteiger partial charge in [0.1, 0.15) is 0 Å². The Labute approximate surface area is 113 Å². The van der Waals surface area contributed by atoms with Crippen LogP contribution >= 0.6 is 0 Å². The summed E-state index contributed by atoms with van der Waals surface area (Å²) in [7, 11) is 3.37. The number of hydrogen-bond acceptors (Lipinski definition) is 2. The Morgan fingerprint density at radius 3 is 2.79 bits per heavy atom. The van der Waals surface area contributed by atoms with Gasteiger partial charge in [-0.1, -0.05) is 24.3 Å². The van der Waals surface area contributed by atoms with E-state index in [0.717, 1.165) is 25.5 Å². The first-order valence-corrected chi connectivity index (χ1v) is 6.47. The summed E-state index contributed by atoms with van der Waals surface area (Å²) in [5.74, 6) is 0.733. The lowest BCUT2D eigenvalue weighted by molar-refractivity contribution is -0.119. The van der Waals surface area contributed by atoms with Crippen molar-refractivity contribution in [3.63, 3.8) is 0 Å². The lowest BCUT2D eigenvalue weighted by Crippen LogP contribution is -2.46. The average molecular weight is 260 g/mol. The fourth-order valence-corrected chi connectivity index (χ4v) is 2.26. The van der Waals surface area contributed by atoms with Crippen LogP contribution in [0.5, 0.6) is 0 Å². The van der Waals surface area contributed by atoms with Crippen LogP contribution in [-0.4, -0.2) is 44.0 Å². The molecule has 0 aliphatic carbocycles. The summed E-state index contributed by atoms with van der Waals surface area (Å²) in [6, 6.07) is 8.46. The van der Waals surface area contributed by atoms with Crippen molar-refractivity contribution in [1.82, 2.24) is 15.5 Å². The van der Waals surface area contributed by atoms with Crippen LogP contribution in [0.2, 0.25) is 0 Å². The molecule has 1 aliphatic rings. The SMILES string of the molecule is CN=C(NCC(=O)NC)N1CCc2ccccc2C1. The van der Waals surface area contributed by atoms with E-state index in [1.54, 1.807) is 14.1 Å². The van der Waals surface area contributed by atoms with Crippen molar-refractivity contribution in [1.29, 1.82) is 0 Å². The summed E-state index contributed by atoms with van der Waals surface area (Å²) in [6.07, 6.45) is 1.01. The standard InChI is InChI=1S/C14H20N4O/c1-15-13(19)9-17-14(16-2)18-8-7-11-5-3-4-6-12(11)10-18/h3-6H,7-10H2,1-2H3,(H,15,19)(H,16,17). The monoisotopic (exact) mass is 260 g/mol. The maximum Gasteiger partial charge on any atom is 0.239 e. The number of carbonyl (C=O) groups is 1. The third-order valence-corrected chi connectivity index (χ3v) is 3.33. The number of aliphatic imine (C=N–C) groups is 1. The van der Waals surface area contributed by atoms with Crippen LogP contribution in [0.3, 0.4) is 0 Å². The van der Waals surface area contributed by atoms with E-state index in [-0.39, 0.29) is 12.5 Å². The number of guanidine groups is 1. The van der Waals surface area contributed by atoms with Gasteiger partial charge in [-0.05, 0) is 17.5 Å². The van der Waals surface area contributed by atoms with Crippen molar-refractivity contribution in [3.05, 3.63) is 35.4 Å². The largest absolute Gasteiger partial charge is 0.358 e. The first-order valence-electron chi connectivity index (χ1n) is 6.47. The molecule has 1 aromatic rings. The molecule has 102 valence electrons. The number of hydrogen-bond donors (Lipinski definition) is 2. The number of benzene rings is 1. The molecule has 19 heavy (non-hydrogen) atoms. The molecule has 1 heterocycles. The van der Waals surface area contributed by atoms with E-state index in [1.165, 1.54) is 11.1 Å². The molecule has 0 unspecified atom stereocenters. The third-order valence-electron chi connectivity index (χ3n) is 3.33. The molecule has 0 radical (unpaired) electrons. The second-order valence-electron chi connectivity index (χ2n) is 4.51. The molecule has 1 aliphatic heterocycles. The van der Waals surface area contributed by atoms with Gasteiger partial charge in [0.15, 0.2) is 5.96 Å². The predicted molar refractivity (Wildman–Crippen MR) is 76.0 cm³/mol. The molecule has 0 atom stereocenters. The number of amides is 1. The van der Waals surface area contributed by atoms with E-state index in [1.807, 2.05) is 0 Å². The Morgan fingerprint density at radius 1 is 1.37 bits per heavy atom. The van der Waals surface area contributed by atoms with Crippen molar-refractivity contribution >= 4 is 11.9 Å². The van der Waals surface area contributed by atoms with E-state index in [4.69, 9.17) is 0 Å². The molecule has 2 rings (SSSR count). The van der Waals surface area contributed by atoms with Gasteiger partial charge in [-0.2, -0.15) is 0 Å². The first-order chi connectivity index (χ1) is 9.24. The highest BCUT2D eigenvalue weighted by Crippen LogP contribution is 2.18. The van der Waals surface area contributed by atoms with E-state index < -0.39 is 0 Å². The van der Waals surface area contributed by atoms with Crippen molar-refractivity contribution < 1.29 is 4.79 Å². The molecular formula is C14H20N4O. The Hall–Kier alpha value is -2.04. The van der Waals surface area contributed by atoms with Gasteiger partial charge >= 0.3 is 0 Å². The molecule has 0 spiro atoms. The number of rotatable bonds is 2. The maximum absolute atomic E-state index is 11.3. The highest BCUT2D eigenvalue weighted by Gasteiger charge is 2.18. The smallest absolute Gasteiger partial charge is 0.239 e. The normalized spacial score (nSPS) is 14.8. The van der Waals surface area contributed by atoms with Crippen LogP contribution in [0.25, 0.3) is 0 Å². The van der Waals surface area contributed by atoms with Gasteiger partial charge in [-0.3, -0.25) is 9.79 Å². The van der Waals surface area contributed by atoms with Gasteiger partial charge in [-0.25, -0.2) is 0 Å². The number of likely N-dealkylation sites (N-methyl/N-ethyl adjacent to an activating group) is 1. The van der Waals surface area contributed by atoms with Crippen LogP contribution in [0.1, 0.15) is 11.1 Å². The number of carbonyl (C=O) groups excluding carboxylic acids is 1. The van der Waals surface area contributed by atoms with Gasteiger partial charge in [0.2, 0.25) is 5.91 Å². The zero-order chi connectivity index (χ0) is 13.7. The van der Waals surface area contributed by atoms with E-state index >= 15 is 0 Å².